The molecule has 1 fully saturated rings. The van der Waals surface area contributed by atoms with Gasteiger partial charge in [0, 0.05) is 70.4 Å². The number of aliphatic hydroxyl groups excluding tert-OH is 1. The van der Waals surface area contributed by atoms with Crippen LogP contribution in [0.5, 0.6) is 11.5 Å². The third-order valence-corrected chi connectivity index (χ3v) is 17.1. The van der Waals surface area contributed by atoms with Crippen LogP contribution in [0.25, 0.3) is 5.57 Å². The van der Waals surface area contributed by atoms with Crippen molar-refractivity contribution in [1.29, 1.82) is 0 Å². The van der Waals surface area contributed by atoms with Crippen molar-refractivity contribution in [1.82, 2.24) is 4.90 Å². The summed E-state index contributed by atoms with van der Waals surface area (Å²) in [7, 11) is 0. The predicted molar refractivity (Wildman–Crippen MR) is 313 cm³/mol. The SMILES string of the molecule is CC(C)N1C2=CC(=NC(=O)CCc3cc(C(C)(C)C)c(O)c(C(C)(C)C)c3)C(=C3C(=O)C(c4cc5c(cc4NC(=O)CCc4cc(C(C)(C)C)c(O)c(C(C)(C)C)c4)N(C(C)C)C(C)C5(C)C)=C3O)C=C2C(C)(C)C1C. The maximum Gasteiger partial charge on any atom is 0.246 e. The molecule has 76 heavy (non-hydrogen) atoms. The number of hydrogen-bond donors (Lipinski definition) is 4. The summed E-state index contributed by atoms with van der Waals surface area (Å²) in [5, 5.41) is 38.6. The molecule has 0 radical (unpaired) electrons. The van der Waals surface area contributed by atoms with Gasteiger partial charge < -0.3 is 30.4 Å². The number of carbonyl (C=O) groups is 3. The first kappa shape index (κ1) is 57.8. The Labute approximate surface area is 455 Å². The monoisotopic (exact) mass is 1030 g/mol. The van der Waals surface area contributed by atoms with Gasteiger partial charge in [-0.1, -0.05) is 135 Å². The van der Waals surface area contributed by atoms with E-state index in [0.717, 1.165) is 55.9 Å². The van der Waals surface area contributed by atoms with Crippen molar-refractivity contribution in [3.63, 3.8) is 0 Å². The summed E-state index contributed by atoms with van der Waals surface area (Å²) in [6.45, 7) is 46.6. The highest BCUT2D eigenvalue weighted by molar-refractivity contribution is 6.42. The zero-order chi connectivity index (χ0) is 57.1. The van der Waals surface area contributed by atoms with E-state index in [4.69, 9.17) is 4.99 Å². The average molecular weight is 1040 g/mol. The van der Waals surface area contributed by atoms with E-state index in [1.807, 2.05) is 48.6 Å². The fourth-order valence-electron chi connectivity index (χ4n) is 12.0. The smallest absolute Gasteiger partial charge is 0.246 e. The summed E-state index contributed by atoms with van der Waals surface area (Å²) in [6.07, 6.45) is 4.92. The number of aryl methyl sites for hydroxylation is 2. The van der Waals surface area contributed by atoms with E-state index in [1.165, 1.54) is 0 Å². The van der Waals surface area contributed by atoms with Gasteiger partial charge in [0.05, 0.1) is 22.5 Å². The molecule has 1 saturated heterocycles. The second-order valence-electron chi connectivity index (χ2n) is 28.2. The van der Waals surface area contributed by atoms with Crippen molar-refractivity contribution >= 4 is 40.3 Å². The van der Waals surface area contributed by atoms with Crippen LogP contribution in [-0.4, -0.2) is 67.7 Å². The van der Waals surface area contributed by atoms with Crippen molar-refractivity contribution in [2.24, 2.45) is 10.4 Å². The molecule has 7 rings (SSSR count). The van der Waals surface area contributed by atoms with E-state index in [0.29, 0.717) is 35.4 Å². The van der Waals surface area contributed by atoms with E-state index in [9.17, 15) is 24.9 Å². The number of benzene rings is 3. The number of aliphatic hydroxyl groups is 1. The minimum absolute atomic E-state index is 0.0791. The standard InChI is InChI=1S/C66H90N4O6/c1-35(2)69-37(5)65(19,20)43-31-41(49(33-51(43)69)67-53(71)25-23-39-27-45(61(7,8)9)57(73)46(28-39)62(10,11)12)55-59(75)56(60(55)76)42-32-44-52(70(36(3)4)38(6)66(44,21)22)34-50(42)68-54(72)26-24-40-29-47(63(13,14)15)58(74)48(30-40)64(16,17)18/h27-38,73-75H,23-26H2,1-22H3,(H,67,71). The van der Waals surface area contributed by atoms with E-state index in [-0.39, 0.29) is 110 Å². The summed E-state index contributed by atoms with van der Waals surface area (Å²) in [6, 6.07) is 12.4. The number of rotatable bonds is 10. The Bertz CT molecular complexity index is 3000. The number of allylic oxidation sites excluding steroid dienone is 6. The highest BCUT2D eigenvalue weighted by Gasteiger charge is 2.50. The van der Waals surface area contributed by atoms with Crippen molar-refractivity contribution in [3.8, 4) is 11.5 Å². The number of phenolic OH excluding ortho intramolecular Hbond substituents is 2. The van der Waals surface area contributed by atoms with Gasteiger partial charge in [-0.15, -0.1) is 0 Å². The van der Waals surface area contributed by atoms with Crippen LogP contribution in [-0.2, 0) is 54.3 Å². The molecule has 2 unspecified atom stereocenters. The summed E-state index contributed by atoms with van der Waals surface area (Å²) in [5.41, 5.74) is 8.83. The molecule has 2 atom stereocenters. The molecule has 410 valence electrons. The normalized spacial score (nSPS) is 21.1. The van der Waals surface area contributed by atoms with Crippen LogP contribution in [0.1, 0.15) is 210 Å². The van der Waals surface area contributed by atoms with Crippen LogP contribution in [0.2, 0.25) is 0 Å². The van der Waals surface area contributed by atoms with Gasteiger partial charge in [0.15, 0.2) is 0 Å². The highest BCUT2D eigenvalue weighted by atomic mass is 16.3. The Kier molecular flexibility index (Phi) is 14.9. The van der Waals surface area contributed by atoms with Crippen molar-refractivity contribution in [2.45, 2.75) is 229 Å². The van der Waals surface area contributed by atoms with Crippen molar-refractivity contribution in [3.05, 3.63) is 121 Å². The van der Waals surface area contributed by atoms with E-state index < -0.39 is 5.78 Å². The van der Waals surface area contributed by atoms with Crippen LogP contribution in [0, 0.1) is 5.41 Å². The number of aliphatic imine (C=N–C) groups is 1. The fourth-order valence-corrected chi connectivity index (χ4v) is 12.0. The number of nitrogens with zero attached hydrogens (tertiary/aromatic N) is 3. The first-order chi connectivity index (χ1) is 34.7. The van der Waals surface area contributed by atoms with Crippen LogP contribution in [0.15, 0.2) is 81.7 Å². The van der Waals surface area contributed by atoms with Gasteiger partial charge in [0.2, 0.25) is 17.6 Å². The zero-order valence-corrected chi connectivity index (χ0v) is 50.2. The number of carbonyl (C=O) groups excluding carboxylic acids is 3. The maximum absolute atomic E-state index is 15.2. The molecule has 4 N–H and O–H groups in total. The summed E-state index contributed by atoms with van der Waals surface area (Å²) >= 11 is 0. The van der Waals surface area contributed by atoms with Crippen molar-refractivity contribution < 1.29 is 29.7 Å². The number of phenols is 2. The first-order valence-electron chi connectivity index (χ1n) is 27.8. The molecule has 0 aromatic heterocycles. The van der Waals surface area contributed by atoms with E-state index in [2.05, 4.69) is 167 Å². The predicted octanol–water partition coefficient (Wildman–Crippen LogP) is 14.5. The molecular formula is C66H90N4O6. The van der Waals surface area contributed by atoms with Gasteiger partial charge in [0.1, 0.15) is 17.3 Å². The van der Waals surface area contributed by atoms with E-state index >= 15 is 4.79 Å². The molecule has 3 aromatic rings. The molecule has 10 heteroatoms. The van der Waals surface area contributed by atoms with Crippen LogP contribution < -0.4 is 10.2 Å². The quantitative estimate of drug-likeness (QED) is 0.147. The van der Waals surface area contributed by atoms with Crippen LogP contribution in [0.3, 0.4) is 0 Å². The topological polar surface area (TPSA) is 143 Å². The highest BCUT2D eigenvalue weighted by Crippen LogP contribution is 2.54. The Morgan fingerprint density at radius 2 is 1.08 bits per heavy atom. The number of anilines is 2. The molecular weight excluding hydrogens is 945 g/mol. The number of likely N-dealkylation sites (tertiary alicyclic amines) is 1. The first-order valence-corrected chi connectivity index (χ1v) is 27.8. The molecule has 2 heterocycles. The molecule has 10 nitrogen and oxygen atoms in total. The second-order valence-corrected chi connectivity index (χ2v) is 28.2. The molecule has 0 saturated carbocycles. The van der Waals surface area contributed by atoms with Gasteiger partial charge in [-0.2, -0.15) is 0 Å². The van der Waals surface area contributed by atoms with E-state index in [1.54, 1.807) is 0 Å². The van der Waals surface area contributed by atoms with Gasteiger partial charge in [0.25, 0.3) is 0 Å². The van der Waals surface area contributed by atoms with Gasteiger partial charge in [-0.25, -0.2) is 4.99 Å². The lowest BCUT2D eigenvalue weighted by atomic mass is 9.73. The molecule has 2 aliphatic carbocycles. The molecule has 2 aliphatic heterocycles. The van der Waals surface area contributed by atoms with Gasteiger partial charge in [-0.3, -0.25) is 14.4 Å². The number of nitrogens with one attached hydrogen (secondary N) is 1. The van der Waals surface area contributed by atoms with Gasteiger partial charge >= 0.3 is 0 Å². The molecule has 2 amide bonds. The minimum atomic E-state index is -0.395. The molecule has 4 aliphatic rings. The second kappa shape index (κ2) is 19.5. The van der Waals surface area contributed by atoms with Gasteiger partial charge in [-0.05, 0) is 145 Å². The third-order valence-electron chi connectivity index (χ3n) is 17.1. The lowest BCUT2D eigenvalue weighted by molar-refractivity contribution is -0.118. The molecule has 0 spiro atoms. The number of Topliss-reactive ketones (excluding diaryl/α,β-unsaturated/α-hetero) is 1. The van der Waals surface area contributed by atoms with Crippen molar-refractivity contribution in [2.75, 3.05) is 10.2 Å². The number of fused-ring (bicyclic) bond motifs is 2. The number of ketones is 1. The third kappa shape index (κ3) is 10.4. The molecule has 3 aromatic carbocycles. The fraction of sp³-hybridized carbons (Fsp3) is 0.545. The van der Waals surface area contributed by atoms with Crippen LogP contribution in [0.4, 0.5) is 11.4 Å². The summed E-state index contributed by atoms with van der Waals surface area (Å²) in [4.78, 5) is 53.4. The maximum atomic E-state index is 15.2. The Morgan fingerprint density at radius 1 is 0.632 bits per heavy atom. The lowest BCUT2D eigenvalue weighted by Gasteiger charge is -2.34. The summed E-state index contributed by atoms with van der Waals surface area (Å²) < 4.78 is 0. The number of hydrogen-bond acceptors (Lipinski definition) is 8. The molecule has 0 bridgehead atoms. The average Bonchev–Trinajstić information content (AvgIpc) is 3.59. The minimum Gasteiger partial charge on any atom is -0.507 e. The summed E-state index contributed by atoms with van der Waals surface area (Å²) in [5.74, 6) is -0.650. The Morgan fingerprint density at radius 3 is 1.51 bits per heavy atom. The zero-order valence-electron chi connectivity index (χ0n) is 50.2. The number of amides is 2. The largest absolute Gasteiger partial charge is 0.507 e. The Balaban J connectivity index is 1.34. The van der Waals surface area contributed by atoms with Crippen LogP contribution >= 0.6 is 0 Å². The number of aromatic hydroxyl groups is 2. The Hall–Kier alpha value is -5.90. The lowest BCUT2D eigenvalue weighted by Crippen LogP contribution is -2.42.